The molecule has 0 spiro atoms. The Morgan fingerprint density at radius 3 is 2.86 bits per heavy atom. The number of benzene rings is 2. The van der Waals surface area contributed by atoms with E-state index in [9.17, 15) is 0 Å². The van der Waals surface area contributed by atoms with Crippen molar-refractivity contribution in [2.24, 2.45) is 7.05 Å². The first kappa shape index (κ1) is 21.9. The van der Waals surface area contributed by atoms with Crippen LogP contribution in [0.25, 0.3) is 22.1 Å². The maximum absolute atomic E-state index is 15.5. The number of nitrogens with zero attached hydrogens (tertiary/aromatic N) is 7. The zero-order chi connectivity index (χ0) is 25.1. The Kier molecular flexibility index (Phi) is 4.93. The van der Waals surface area contributed by atoms with Gasteiger partial charge < -0.3 is 24.3 Å². The van der Waals surface area contributed by atoms with E-state index in [1.54, 1.807) is 31.6 Å². The number of hydrogen-bond donors (Lipinski definition) is 1. The second-order valence-electron chi connectivity index (χ2n) is 9.41. The van der Waals surface area contributed by atoms with Gasteiger partial charge in [0.1, 0.15) is 28.9 Å². The van der Waals surface area contributed by atoms with Crippen LogP contribution in [0.15, 0.2) is 49.2 Å². The van der Waals surface area contributed by atoms with E-state index in [4.69, 9.17) is 14.5 Å². The maximum Gasteiger partial charge on any atom is 0.226 e. The Hall–Kier alpha value is -4.38. The first-order chi connectivity index (χ1) is 18.0. The third-order valence-electron chi connectivity index (χ3n) is 7.04. The van der Waals surface area contributed by atoms with Gasteiger partial charge in [0.05, 0.1) is 48.0 Å². The Labute approximate surface area is 211 Å². The molecule has 5 aromatic rings. The summed E-state index contributed by atoms with van der Waals surface area (Å²) < 4.78 is 29.1. The Morgan fingerprint density at radius 2 is 2.03 bits per heavy atom. The number of morpholine rings is 1. The summed E-state index contributed by atoms with van der Waals surface area (Å²) in [4.78, 5) is 24.4. The van der Waals surface area contributed by atoms with Gasteiger partial charge in [0.2, 0.25) is 5.95 Å². The van der Waals surface area contributed by atoms with Crippen molar-refractivity contribution >= 4 is 39.5 Å². The van der Waals surface area contributed by atoms with Gasteiger partial charge in [0.25, 0.3) is 0 Å². The van der Waals surface area contributed by atoms with Crippen molar-refractivity contribution in [3.8, 4) is 11.5 Å². The molecule has 0 radical (unpaired) electrons. The fourth-order valence-corrected chi connectivity index (χ4v) is 5.03. The zero-order valence-electron chi connectivity index (χ0n) is 20.2. The number of nitrogens with one attached hydrogen (secondary N) is 1. The van der Waals surface area contributed by atoms with Crippen LogP contribution in [0.3, 0.4) is 0 Å². The number of anilines is 3. The molecule has 0 aliphatic carbocycles. The number of hydrogen-bond acceptors (Lipinski definition) is 9. The van der Waals surface area contributed by atoms with Crippen LogP contribution in [0.1, 0.15) is 12.0 Å². The fraction of sp³-hybridized carbons (Fsp3) is 0.269. The van der Waals surface area contributed by atoms with Crippen molar-refractivity contribution in [2.45, 2.75) is 25.5 Å². The highest BCUT2D eigenvalue weighted by Crippen LogP contribution is 2.35. The van der Waals surface area contributed by atoms with Gasteiger partial charge in [-0.05, 0) is 37.6 Å². The van der Waals surface area contributed by atoms with Gasteiger partial charge in [-0.1, -0.05) is 0 Å². The average molecular weight is 499 g/mol. The van der Waals surface area contributed by atoms with Crippen molar-refractivity contribution in [1.29, 1.82) is 0 Å². The number of halogens is 1. The van der Waals surface area contributed by atoms with Crippen LogP contribution in [-0.2, 0) is 11.8 Å². The number of aromatic nitrogens is 6. The molecule has 2 aliphatic rings. The van der Waals surface area contributed by atoms with Gasteiger partial charge >= 0.3 is 0 Å². The minimum Gasteiger partial charge on any atom is -0.457 e. The van der Waals surface area contributed by atoms with Gasteiger partial charge in [-0.3, -0.25) is 0 Å². The topological polar surface area (TPSA) is 103 Å². The largest absolute Gasteiger partial charge is 0.457 e. The van der Waals surface area contributed by atoms with Crippen molar-refractivity contribution in [2.75, 3.05) is 23.4 Å². The summed E-state index contributed by atoms with van der Waals surface area (Å²) in [6.45, 7) is 3.12. The van der Waals surface area contributed by atoms with Crippen molar-refractivity contribution in [1.82, 2.24) is 29.5 Å². The van der Waals surface area contributed by atoms with Gasteiger partial charge in [-0.2, -0.15) is 0 Å². The number of fused-ring (bicyclic) bond motifs is 4. The predicted octanol–water partition coefficient (Wildman–Crippen LogP) is 4.27. The molecular formula is C26H23FN8O2. The first-order valence-corrected chi connectivity index (χ1v) is 12.0. The first-order valence-electron chi connectivity index (χ1n) is 12.0. The molecule has 2 atom stereocenters. The highest BCUT2D eigenvalue weighted by molar-refractivity contribution is 5.87. The minimum atomic E-state index is -0.438. The monoisotopic (exact) mass is 498 g/mol. The number of ether oxygens (including phenoxy) is 2. The lowest BCUT2D eigenvalue weighted by molar-refractivity contribution is 0.0986. The summed E-state index contributed by atoms with van der Waals surface area (Å²) in [5.74, 6) is 1.57. The molecule has 5 heterocycles. The quantitative estimate of drug-likeness (QED) is 0.381. The third kappa shape index (κ3) is 3.70. The van der Waals surface area contributed by atoms with E-state index in [0.717, 1.165) is 24.0 Å². The lowest BCUT2D eigenvalue weighted by Crippen LogP contribution is -2.38. The molecule has 2 bridgehead atoms. The van der Waals surface area contributed by atoms with Gasteiger partial charge in [0, 0.05) is 25.2 Å². The van der Waals surface area contributed by atoms with Gasteiger partial charge in [-0.25, -0.2) is 29.3 Å². The number of rotatable bonds is 5. The highest BCUT2D eigenvalue weighted by atomic mass is 19.1. The van der Waals surface area contributed by atoms with Crippen LogP contribution >= 0.6 is 0 Å². The lowest BCUT2D eigenvalue weighted by Gasteiger charge is -2.26. The molecule has 2 saturated heterocycles. The second-order valence-corrected chi connectivity index (χ2v) is 9.41. The molecule has 2 unspecified atom stereocenters. The standard InChI is InChI=1S/C26H23FN8O2/c1-14-22(37-16-3-5-21-19(8-16)31-13-34(21)2)6-4-18(23(14)27)32-25-24-20(29-12-30-25)9-28-26(33-24)35-10-17-7-15(35)11-36-17/h3-6,8-9,12-13,15,17H,7,10-11H2,1-2H3,(H,29,30,32). The number of imidazole rings is 1. The number of aryl methyl sites for hydroxylation is 1. The van der Waals surface area contributed by atoms with Crippen LogP contribution in [0.2, 0.25) is 0 Å². The fourth-order valence-electron chi connectivity index (χ4n) is 5.03. The van der Waals surface area contributed by atoms with Crippen molar-refractivity contribution < 1.29 is 13.9 Å². The van der Waals surface area contributed by atoms with Crippen LogP contribution in [-0.4, -0.2) is 54.8 Å². The van der Waals surface area contributed by atoms with E-state index < -0.39 is 5.82 Å². The van der Waals surface area contributed by atoms with E-state index in [1.165, 1.54) is 6.33 Å². The summed E-state index contributed by atoms with van der Waals surface area (Å²) in [6.07, 6.45) is 6.03. The van der Waals surface area contributed by atoms with Crippen LogP contribution in [0, 0.1) is 12.7 Å². The molecule has 2 fully saturated rings. The van der Waals surface area contributed by atoms with Gasteiger partial charge in [0.15, 0.2) is 11.6 Å². The molecule has 0 amide bonds. The third-order valence-corrected chi connectivity index (χ3v) is 7.04. The van der Waals surface area contributed by atoms with E-state index in [-0.39, 0.29) is 17.8 Å². The normalized spacial score (nSPS) is 18.7. The summed E-state index contributed by atoms with van der Waals surface area (Å²) in [5.41, 5.74) is 3.53. The molecule has 10 nitrogen and oxygen atoms in total. The Balaban J connectivity index is 1.18. The smallest absolute Gasteiger partial charge is 0.226 e. The van der Waals surface area contributed by atoms with Crippen LogP contribution in [0.4, 0.5) is 21.8 Å². The van der Waals surface area contributed by atoms with Crippen LogP contribution in [0.5, 0.6) is 11.5 Å². The average Bonchev–Trinajstić information content (AvgIpc) is 3.65. The molecular weight excluding hydrogens is 475 g/mol. The van der Waals surface area contributed by atoms with E-state index >= 15 is 4.39 Å². The summed E-state index contributed by atoms with van der Waals surface area (Å²) in [5, 5.41) is 3.10. The summed E-state index contributed by atoms with van der Waals surface area (Å²) >= 11 is 0. The van der Waals surface area contributed by atoms with Crippen molar-refractivity contribution in [3.05, 3.63) is 60.6 Å². The second kappa shape index (κ2) is 8.34. The van der Waals surface area contributed by atoms with Crippen LogP contribution < -0.4 is 15.0 Å². The highest BCUT2D eigenvalue weighted by Gasteiger charge is 2.40. The van der Waals surface area contributed by atoms with Gasteiger partial charge in [-0.15, -0.1) is 0 Å². The molecule has 1 N–H and O–H groups in total. The summed E-state index contributed by atoms with van der Waals surface area (Å²) in [7, 11) is 1.93. The Morgan fingerprint density at radius 1 is 1.11 bits per heavy atom. The molecule has 11 heteroatoms. The van der Waals surface area contributed by atoms with E-state index in [0.29, 0.717) is 46.5 Å². The Bertz CT molecular complexity index is 1670. The predicted molar refractivity (Wildman–Crippen MR) is 136 cm³/mol. The SMILES string of the molecule is Cc1c(Oc2ccc3c(c2)ncn3C)ccc(Nc2ncnc3cnc(N4CC5CC4CO5)nc23)c1F. The molecule has 0 saturated carbocycles. The summed E-state index contributed by atoms with van der Waals surface area (Å²) in [6, 6.07) is 9.24. The molecule has 2 aromatic carbocycles. The zero-order valence-corrected chi connectivity index (χ0v) is 20.2. The lowest BCUT2D eigenvalue weighted by atomic mass is 10.1. The molecule has 186 valence electrons. The van der Waals surface area contributed by atoms with Crippen molar-refractivity contribution in [3.63, 3.8) is 0 Å². The molecule has 7 rings (SSSR count). The van der Waals surface area contributed by atoms with E-state index in [2.05, 4.69) is 30.2 Å². The maximum atomic E-state index is 15.5. The molecule has 3 aromatic heterocycles. The van der Waals surface area contributed by atoms with E-state index in [1.807, 2.05) is 29.8 Å². The molecule has 2 aliphatic heterocycles. The minimum absolute atomic E-state index is 0.220. The molecule has 37 heavy (non-hydrogen) atoms.